The normalized spacial score (nSPS) is 10.6. The van der Waals surface area contributed by atoms with Gasteiger partial charge in [0.05, 0.1) is 24.8 Å². The number of nitrogens with zero attached hydrogens (tertiary/aromatic N) is 1. The van der Waals surface area contributed by atoms with Crippen LogP contribution in [0.2, 0.25) is 0 Å². The van der Waals surface area contributed by atoms with E-state index >= 15 is 0 Å². The van der Waals surface area contributed by atoms with Crippen LogP contribution in [0.15, 0.2) is 66.7 Å². The van der Waals surface area contributed by atoms with Gasteiger partial charge in [-0.2, -0.15) is 5.26 Å². The van der Waals surface area contributed by atoms with Crippen LogP contribution in [-0.2, 0) is 16.0 Å². The van der Waals surface area contributed by atoms with Crippen LogP contribution in [0.4, 0.5) is 15.8 Å². The van der Waals surface area contributed by atoms with E-state index < -0.39 is 17.8 Å². The van der Waals surface area contributed by atoms with E-state index in [-0.39, 0.29) is 17.9 Å². The molecule has 0 spiro atoms. The van der Waals surface area contributed by atoms with Crippen LogP contribution in [-0.4, -0.2) is 25.2 Å². The molecule has 190 valence electrons. The maximum Gasteiger partial charge on any atom is 0.343 e. The lowest BCUT2D eigenvalue weighted by Gasteiger charge is -2.08. The number of benzene rings is 3. The Labute approximate surface area is 213 Å². The molecule has 0 unspecified atom stereocenters. The van der Waals surface area contributed by atoms with E-state index in [0.29, 0.717) is 48.6 Å². The zero-order chi connectivity index (χ0) is 26.6. The van der Waals surface area contributed by atoms with Crippen molar-refractivity contribution in [3.05, 3.63) is 89.2 Å². The molecule has 9 heteroatoms. The minimum absolute atomic E-state index is 0.120. The van der Waals surface area contributed by atoms with Gasteiger partial charge >= 0.3 is 11.9 Å². The largest absolute Gasteiger partial charge is 0.494 e. The Morgan fingerprint density at radius 3 is 2.49 bits per heavy atom. The molecule has 0 atom stereocenters. The van der Waals surface area contributed by atoms with Crippen LogP contribution in [0.3, 0.4) is 0 Å². The minimum Gasteiger partial charge on any atom is -0.494 e. The van der Waals surface area contributed by atoms with Gasteiger partial charge in [0, 0.05) is 30.3 Å². The Morgan fingerprint density at radius 2 is 1.78 bits per heavy atom. The monoisotopic (exact) mass is 503 g/mol. The SMILES string of the molecule is N#CCCCOc1ccc(C(=O)Oc2ccc(/C=C/C(=O)OCCc3ccc(N)cc3N)cc2F)cc1. The molecule has 0 saturated heterocycles. The molecule has 3 aromatic carbocycles. The molecule has 3 aromatic rings. The first-order valence-electron chi connectivity index (χ1n) is 11.5. The predicted molar refractivity (Wildman–Crippen MR) is 137 cm³/mol. The van der Waals surface area contributed by atoms with E-state index in [2.05, 4.69) is 0 Å². The summed E-state index contributed by atoms with van der Waals surface area (Å²) in [7, 11) is 0. The van der Waals surface area contributed by atoms with Crippen molar-refractivity contribution in [2.75, 3.05) is 24.7 Å². The van der Waals surface area contributed by atoms with Crippen molar-refractivity contribution in [3.63, 3.8) is 0 Å². The summed E-state index contributed by atoms with van der Waals surface area (Å²) in [5.41, 5.74) is 14.0. The van der Waals surface area contributed by atoms with Crippen molar-refractivity contribution >= 4 is 29.4 Å². The van der Waals surface area contributed by atoms with Crippen LogP contribution in [0, 0.1) is 17.1 Å². The molecular weight excluding hydrogens is 477 g/mol. The van der Waals surface area contributed by atoms with Gasteiger partial charge in [0.2, 0.25) is 0 Å². The molecule has 0 bridgehead atoms. The van der Waals surface area contributed by atoms with Gasteiger partial charge in [0.25, 0.3) is 0 Å². The maximum atomic E-state index is 14.5. The summed E-state index contributed by atoms with van der Waals surface area (Å²) in [6.45, 7) is 0.509. The number of hydrogen-bond acceptors (Lipinski definition) is 8. The minimum atomic E-state index is -0.764. The third-order valence-corrected chi connectivity index (χ3v) is 5.15. The summed E-state index contributed by atoms with van der Waals surface area (Å²) in [6, 6.07) is 17.3. The van der Waals surface area contributed by atoms with E-state index in [9.17, 15) is 14.0 Å². The molecule has 0 fully saturated rings. The number of carbonyl (C=O) groups excluding carboxylic acids is 2. The molecule has 0 saturated carbocycles. The van der Waals surface area contributed by atoms with Gasteiger partial charge in [-0.25, -0.2) is 14.0 Å². The second kappa shape index (κ2) is 13.3. The fourth-order valence-electron chi connectivity index (χ4n) is 3.21. The first-order valence-corrected chi connectivity index (χ1v) is 11.5. The summed E-state index contributed by atoms with van der Waals surface area (Å²) >= 11 is 0. The average Bonchev–Trinajstić information content (AvgIpc) is 2.88. The molecule has 0 aliphatic heterocycles. The van der Waals surface area contributed by atoms with Crippen molar-refractivity contribution in [1.29, 1.82) is 5.26 Å². The summed E-state index contributed by atoms with van der Waals surface area (Å²) < 4.78 is 30.3. The number of ether oxygens (including phenoxy) is 3. The molecule has 0 amide bonds. The maximum absolute atomic E-state index is 14.5. The van der Waals surface area contributed by atoms with Crippen LogP contribution in [0.25, 0.3) is 6.08 Å². The van der Waals surface area contributed by atoms with Gasteiger partial charge in [0.1, 0.15) is 5.75 Å². The number of rotatable bonds is 11. The summed E-state index contributed by atoms with van der Waals surface area (Å²) in [4.78, 5) is 24.3. The summed E-state index contributed by atoms with van der Waals surface area (Å²) in [5.74, 6) is -1.79. The highest BCUT2D eigenvalue weighted by Gasteiger charge is 2.13. The lowest BCUT2D eigenvalue weighted by molar-refractivity contribution is -0.137. The lowest BCUT2D eigenvalue weighted by Crippen LogP contribution is -2.09. The first kappa shape index (κ1) is 26.8. The van der Waals surface area contributed by atoms with Crippen LogP contribution in [0.5, 0.6) is 11.5 Å². The van der Waals surface area contributed by atoms with Crippen molar-refractivity contribution in [2.45, 2.75) is 19.3 Å². The second-order valence-electron chi connectivity index (χ2n) is 7.92. The Morgan fingerprint density at radius 1 is 1.00 bits per heavy atom. The Kier molecular flexibility index (Phi) is 9.62. The highest BCUT2D eigenvalue weighted by atomic mass is 19.1. The van der Waals surface area contributed by atoms with E-state index in [0.717, 1.165) is 11.6 Å². The van der Waals surface area contributed by atoms with Gasteiger partial charge in [-0.05, 0) is 72.2 Å². The van der Waals surface area contributed by atoms with Gasteiger partial charge in [-0.15, -0.1) is 0 Å². The Hall–Kier alpha value is -4.84. The average molecular weight is 504 g/mol. The second-order valence-corrected chi connectivity index (χ2v) is 7.92. The number of nitrogen functional groups attached to an aromatic ring is 2. The van der Waals surface area contributed by atoms with Gasteiger partial charge in [-0.1, -0.05) is 12.1 Å². The smallest absolute Gasteiger partial charge is 0.343 e. The quantitative estimate of drug-likeness (QED) is 0.126. The standard InChI is InChI=1S/C28H26FN3O5/c29-24-17-19(4-12-27(33)36-16-13-20-5-8-22(31)18-25(20)32)3-11-26(24)37-28(34)21-6-9-23(10-7-21)35-15-2-1-14-30/h3-12,17-18H,1-2,13,15-16,31-32H2/b12-4+. The summed E-state index contributed by atoms with van der Waals surface area (Å²) in [5, 5.41) is 8.53. The third kappa shape index (κ3) is 8.40. The molecule has 3 rings (SSSR count). The van der Waals surface area contributed by atoms with Crippen LogP contribution >= 0.6 is 0 Å². The number of nitriles is 1. The van der Waals surface area contributed by atoms with E-state index in [1.54, 1.807) is 30.3 Å². The number of nitrogens with two attached hydrogens (primary N) is 2. The highest BCUT2D eigenvalue weighted by molar-refractivity contribution is 5.91. The van der Waals surface area contributed by atoms with Crippen molar-refractivity contribution < 1.29 is 28.2 Å². The zero-order valence-corrected chi connectivity index (χ0v) is 20.0. The highest BCUT2D eigenvalue weighted by Crippen LogP contribution is 2.22. The van der Waals surface area contributed by atoms with Crippen molar-refractivity contribution in [2.24, 2.45) is 0 Å². The number of carbonyl (C=O) groups is 2. The molecule has 0 aliphatic carbocycles. The topological polar surface area (TPSA) is 138 Å². The zero-order valence-electron chi connectivity index (χ0n) is 20.0. The molecule has 0 heterocycles. The number of anilines is 2. The molecule has 8 nitrogen and oxygen atoms in total. The molecule has 4 N–H and O–H groups in total. The lowest BCUT2D eigenvalue weighted by atomic mass is 10.1. The first-order chi connectivity index (χ1) is 17.9. The molecule has 0 aliphatic rings. The summed E-state index contributed by atoms with van der Waals surface area (Å²) in [6.07, 6.45) is 4.00. The number of unbranched alkanes of at least 4 members (excludes halogenated alkanes) is 1. The fraction of sp³-hybridized carbons (Fsp3) is 0.179. The Balaban J connectivity index is 1.49. The molecule has 37 heavy (non-hydrogen) atoms. The molecule has 0 aromatic heterocycles. The van der Waals surface area contributed by atoms with Crippen LogP contribution < -0.4 is 20.9 Å². The van der Waals surface area contributed by atoms with Crippen molar-refractivity contribution in [3.8, 4) is 17.6 Å². The number of halogens is 1. The van der Waals surface area contributed by atoms with Gasteiger partial charge in [0.15, 0.2) is 11.6 Å². The van der Waals surface area contributed by atoms with Crippen LogP contribution in [0.1, 0.15) is 34.3 Å². The number of hydrogen-bond donors (Lipinski definition) is 2. The fourth-order valence-corrected chi connectivity index (χ4v) is 3.21. The van der Waals surface area contributed by atoms with E-state index in [4.69, 9.17) is 30.9 Å². The predicted octanol–water partition coefficient (Wildman–Crippen LogP) is 4.69. The van der Waals surface area contributed by atoms with E-state index in [1.165, 1.54) is 36.4 Å². The van der Waals surface area contributed by atoms with Gasteiger partial charge in [-0.3, -0.25) is 0 Å². The number of esters is 2. The van der Waals surface area contributed by atoms with Crippen molar-refractivity contribution in [1.82, 2.24) is 0 Å². The Bertz CT molecular complexity index is 1320. The third-order valence-electron chi connectivity index (χ3n) is 5.15. The van der Waals surface area contributed by atoms with Gasteiger partial charge < -0.3 is 25.7 Å². The molecular formula is C28H26FN3O5. The molecule has 0 radical (unpaired) electrons. The van der Waals surface area contributed by atoms with E-state index in [1.807, 2.05) is 6.07 Å².